The van der Waals surface area contributed by atoms with Crippen LogP contribution in [0.15, 0.2) is 176 Å². The second-order valence-corrected chi connectivity index (χ2v) is 14.0. The maximum atomic E-state index is 10.4. The number of aromatic nitrogens is 3. The molecule has 0 radical (unpaired) electrons. The van der Waals surface area contributed by atoms with Crippen LogP contribution < -0.4 is 0 Å². The van der Waals surface area contributed by atoms with Gasteiger partial charge in [-0.3, -0.25) is 0 Å². The zero-order valence-corrected chi connectivity index (χ0v) is 29.5. The molecule has 0 aliphatic heterocycles. The van der Waals surface area contributed by atoms with Gasteiger partial charge in [-0.2, -0.15) is 10.5 Å². The molecule has 3 aromatic heterocycles. The second-order valence-electron chi connectivity index (χ2n) is 14.0. The molecule has 5 nitrogen and oxygen atoms in total. The second kappa shape index (κ2) is 11.8. The van der Waals surface area contributed by atoms with Crippen molar-refractivity contribution in [3.63, 3.8) is 0 Å². The highest BCUT2D eigenvalue weighted by molar-refractivity contribution is 6.13. The third kappa shape index (κ3) is 4.45. The Morgan fingerprint density at radius 2 is 0.909 bits per heavy atom. The average Bonchev–Trinajstić information content (AvgIpc) is 3.89. The number of nitriles is 2. The van der Waals surface area contributed by atoms with Crippen molar-refractivity contribution in [1.82, 2.24) is 13.7 Å². The van der Waals surface area contributed by atoms with Gasteiger partial charge in [-0.05, 0) is 72.3 Å². The number of benzene rings is 8. The van der Waals surface area contributed by atoms with E-state index in [-0.39, 0.29) is 0 Å². The van der Waals surface area contributed by atoms with Gasteiger partial charge < -0.3 is 13.7 Å². The number of hydrogen-bond acceptors (Lipinski definition) is 2. The van der Waals surface area contributed by atoms with Crippen molar-refractivity contribution < 1.29 is 0 Å². The van der Waals surface area contributed by atoms with Gasteiger partial charge >= 0.3 is 0 Å². The molecule has 0 aliphatic rings. The van der Waals surface area contributed by atoms with Crippen molar-refractivity contribution >= 4 is 65.4 Å². The van der Waals surface area contributed by atoms with Crippen LogP contribution in [0.1, 0.15) is 11.1 Å². The largest absolute Gasteiger partial charge is 0.309 e. The molecular weight excluding hydrogens is 671 g/mol. The Labute approximate surface area is 316 Å². The standard InChI is InChI=1S/C50H29N5/c51-30-32-26-34(28-36(27-32)54-47-22-9-5-17-41(47)43-18-11-12-33(31-52)50(43)54)37-13-1-6-19-44(37)55-48-23-10-4-16-40(48)42-25-24-35(29-49(42)55)53-45-20-7-2-14-38(45)39-15-3-8-21-46(39)53/h1-29H. The van der Waals surface area contributed by atoms with E-state index in [0.717, 1.165) is 77.4 Å². The number of nitrogens with zero attached hydrogens (tertiary/aromatic N) is 5. The predicted molar refractivity (Wildman–Crippen MR) is 224 cm³/mol. The van der Waals surface area contributed by atoms with E-state index in [1.807, 2.05) is 36.4 Å². The lowest BCUT2D eigenvalue weighted by Gasteiger charge is -2.17. The number of fused-ring (bicyclic) bond motifs is 9. The van der Waals surface area contributed by atoms with Crippen LogP contribution in [0.5, 0.6) is 0 Å². The molecule has 11 aromatic rings. The van der Waals surface area contributed by atoms with Crippen LogP contribution in [0.2, 0.25) is 0 Å². The van der Waals surface area contributed by atoms with Gasteiger partial charge in [0.15, 0.2) is 0 Å². The van der Waals surface area contributed by atoms with Gasteiger partial charge in [0.25, 0.3) is 0 Å². The molecule has 0 atom stereocenters. The van der Waals surface area contributed by atoms with E-state index in [9.17, 15) is 10.5 Å². The summed E-state index contributed by atoms with van der Waals surface area (Å²) in [6.07, 6.45) is 0. The van der Waals surface area contributed by atoms with Crippen molar-refractivity contribution in [2.75, 3.05) is 0 Å². The Morgan fingerprint density at radius 1 is 0.364 bits per heavy atom. The highest BCUT2D eigenvalue weighted by Crippen LogP contribution is 2.41. The minimum atomic E-state index is 0.540. The van der Waals surface area contributed by atoms with Crippen LogP contribution in [0.25, 0.3) is 93.6 Å². The highest BCUT2D eigenvalue weighted by Gasteiger charge is 2.20. The summed E-state index contributed by atoms with van der Waals surface area (Å²) in [7, 11) is 0. The van der Waals surface area contributed by atoms with Crippen molar-refractivity contribution in [3.8, 4) is 40.3 Å². The number of rotatable bonds is 4. The monoisotopic (exact) mass is 699 g/mol. The molecule has 11 rings (SSSR count). The predicted octanol–water partition coefficient (Wildman–Crippen LogP) is 12.4. The van der Waals surface area contributed by atoms with E-state index >= 15 is 0 Å². The van der Waals surface area contributed by atoms with Crippen LogP contribution in [-0.2, 0) is 0 Å². The van der Waals surface area contributed by atoms with Crippen LogP contribution in [0.4, 0.5) is 0 Å². The lowest BCUT2D eigenvalue weighted by molar-refractivity contribution is 1.15. The molecule has 254 valence electrons. The highest BCUT2D eigenvalue weighted by atomic mass is 15.0. The van der Waals surface area contributed by atoms with E-state index in [0.29, 0.717) is 11.1 Å². The molecule has 0 spiro atoms. The molecule has 3 heterocycles. The molecule has 8 aromatic carbocycles. The first-order chi connectivity index (χ1) is 27.2. The summed E-state index contributed by atoms with van der Waals surface area (Å²) in [6.45, 7) is 0. The molecule has 0 N–H and O–H groups in total. The molecule has 0 saturated heterocycles. The molecule has 5 heteroatoms. The van der Waals surface area contributed by atoms with Crippen molar-refractivity contribution in [2.24, 2.45) is 0 Å². The fraction of sp³-hybridized carbons (Fsp3) is 0. The first-order valence-corrected chi connectivity index (χ1v) is 18.3. The summed E-state index contributed by atoms with van der Waals surface area (Å²) in [5, 5.41) is 27.5. The topological polar surface area (TPSA) is 62.4 Å². The van der Waals surface area contributed by atoms with E-state index in [4.69, 9.17) is 0 Å². The average molecular weight is 700 g/mol. The summed E-state index contributed by atoms with van der Waals surface area (Å²) in [5.41, 5.74) is 12.3. The summed E-state index contributed by atoms with van der Waals surface area (Å²) in [5.74, 6) is 0. The Morgan fingerprint density at radius 3 is 1.56 bits per heavy atom. The molecule has 0 bridgehead atoms. The Balaban J connectivity index is 1.18. The third-order valence-corrected chi connectivity index (χ3v) is 11.1. The summed E-state index contributed by atoms with van der Waals surface area (Å²) >= 11 is 0. The number of para-hydroxylation sites is 6. The van der Waals surface area contributed by atoms with Gasteiger partial charge in [-0.1, -0.05) is 109 Å². The smallest absolute Gasteiger partial charge is 0.101 e. The van der Waals surface area contributed by atoms with Crippen molar-refractivity contribution in [1.29, 1.82) is 10.5 Å². The summed E-state index contributed by atoms with van der Waals surface area (Å²) in [4.78, 5) is 0. The summed E-state index contributed by atoms with van der Waals surface area (Å²) < 4.78 is 6.86. The van der Waals surface area contributed by atoms with Gasteiger partial charge in [-0.25, -0.2) is 0 Å². The molecule has 55 heavy (non-hydrogen) atoms. The van der Waals surface area contributed by atoms with Gasteiger partial charge in [0.2, 0.25) is 0 Å². The van der Waals surface area contributed by atoms with Crippen molar-refractivity contribution in [2.45, 2.75) is 0 Å². The number of hydrogen-bond donors (Lipinski definition) is 0. The van der Waals surface area contributed by atoms with E-state index in [1.54, 1.807) is 0 Å². The van der Waals surface area contributed by atoms with Gasteiger partial charge in [-0.15, -0.1) is 0 Å². The van der Waals surface area contributed by atoms with E-state index < -0.39 is 0 Å². The molecule has 0 aliphatic carbocycles. The lowest BCUT2D eigenvalue weighted by Crippen LogP contribution is -2.00. The zero-order valence-electron chi connectivity index (χ0n) is 29.5. The Kier molecular flexibility index (Phi) is 6.61. The normalized spacial score (nSPS) is 11.6. The minimum absolute atomic E-state index is 0.540. The first-order valence-electron chi connectivity index (χ1n) is 18.3. The molecular formula is C50H29N5. The lowest BCUT2D eigenvalue weighted by atomic mass is 10.00. The van der Waals surface area contributed by atoms with Crippen molar-refractivity contribution in [3.05, 3.63) is 187 Å². The van der Waals surface area contributed by atoms with Gasteiger partial charge in [0.1, 0.15) is 6.07 Å². The van der Waals surface area contributed by atoms with E-state index in [2.05, 4.69) is 165 Å². The minimum Gasteiger partial charge on any atom is -0.309 e. The Bertz CT molecular complexity index is 3420. The SMILES string of the molecule is N#Cc1cc(-c2ccccc2-n2c3ccccc3c3ccc(-n4c5ccccc5c5ccccc54)cc32)cc(-n2c3ccccc3c3cccc(C#N)c32)c1. The molecule has 0 amide bonds. The van der Waals surface area contributed by atoms with Crippen LogP contribution in [0, 0.1) is 22.7 Å². The zero-order chi connectivity index (χ0) is 36.6. The first kappa shape index (κ1) is 30.7. The van der Waals surface area contributed by atoms with Crippen LogP contribution >= 0.6 is 0 Å². The molecule has 0 fully saturated rings. The van der Waals surface area contributed by atoms with E-state index in [1.165, 1.54) is 16.2 Å². The van der Waals surface area contributed by atoms with Crippen LogP contribution in [-0.4, -0.2) is 13.7 Å². The third-order valence-electron chi connectivity index (χ3n) is 11.1. The maximum Gasteiger partial charge on any atom is 0.101 e. The quantitative estimate of drug-likeness (QED) is 0.184. The fourth-order valence-electron chi connectivity index (χ4n) is 8.81. The molecule has 0 unspecified atom stereocenters. The Hall–Kier alpha value is -7.86. The fourth-order valence-corrected chi connectivity index (χ4v) is 8.81. The van der Waals surface area contributed by atoms with Crippen LogP contribution in [0.3, 0.4) is 0 Å². The molecule has 0 saturated carbocycles. The van der Waals surface area contributed by atoms with Gasteiger partial charge in [0, 0.05) is 49.3 Å². The van der Waals surface area contributed by atoms with Gasteiger partial charge in [0.05, 0.1) is 56.0 Å². The summed E-state index contributed by atoms with van der Waals surface area (Å²) in [6, 6.07) is 66.0. The maximum absolute atomic E-state index is 10.4.